The molecule has 12 rings (SSSR count). The van der Waals surface area contributed by atoms with Crippen LogP contribution in [-0.4, -0.2) is 4.57 Å². The maximum atomic E-state index is 2.50. The highest BCUT2D eigenvalue weighted by atomic mass is 15.1. The predicted molar refractivity (Wildman–Crippen MR) is 303 cm³/mol. The summed E-state index contributed by atoms with van der Waals surface area (Å²) in [4.78, 5) is 2.50. The van der Waals surface area contributed by atoms with Crippen LogP contribution in [0.2, 0.25) is 0 Å². The van der Waals surface area contributed by atoms with E-state index < -0.39 is 0 Å². The molecule has 0 bridgehead atoms. The molecule has 2 nitrogen and oxygen atoms in total. The smallest absolute Gasteiger partial charge is 0.0543 e. The standard InChI is InChI=1S/C45H37N.C14H13N.C7H8.C2H6/c1-30-26-27-38-39(28-30)45(4,33-18-7-5-8-19-33)40-29-42(36-23-13-14-24-37(36)44(38)40)46(34-20-9-6-10-21-34)41-25-15-17-32(3)43(41)35-22-12-11-16-31(35)2;1-10-6-5-9-13-14(10)11-7-3-4-8-12(11)15(13)2;1-7-5-3-2-4-6-7;1-2/h5-29H,1-4H3;3-9H,1-2H3;2-6H,1H3;1-2H3. The number of benzene rings is 10. The van der Waals surface area contributed by atoms with Crippen molar-refractivity contribution in [1.29, 1.82) is 0 Å². The van der Waals surface area contributed by atoms with E-state index in [9.17, 15) is 0 Å². The van der Waals surface area contributed by atoms with Crippen LogP contribution in [0.3, 0.4) is 0 Å². The Morgan fingerprint density at radius 1 is 0.386 bits per heavy atom. The molecule has 70 heavy (non-hydrogen) atoms. The van der Waals surface area contributed by atoms with Gasteiger partial charge in [-0.15, -0.1) is 0 Å². The molecule has 10 aromatic carbocycles. The maximum Gasteiger partial charge on any atom is 0.0543 e. The molecule has 0 fully saturated rings. The third-order valence-electron chi connectivity index (χ3n) is 14.1. The van der Waals surface area contributed by atoms with E-state index in [1.54, 1.807) is 0 Å². The van der Waals surface area contributed by atoms with E-state index in [1.165, 1.54) is 111 Å². The van der Waals surface area contributed by atoms with E-state index in [2.05, 4.69) is 264 Å². The lowest BCUT2D eigenvalue weighted by molar-refractivity contribution is 0.713. The molecular weight excluding hydrogens is 845 g/mol. The minimum absolute atomic E-state index is 0.315. The van der Waals surface area contributed by atoms with Gasteiger partial charge in [-0.05, 0) is 133 Å². The van der Waals surface area contributed by atoms with Gasteiger partial charge in [0, 0.05) is 50.9 Å². The van der Waals surface area contributed by atoms with E-state index in [-0.39, 0.29) is 5.41 Å². The highest BCUT2D eigenvalue weighted by Gasteiger charge is 2.42. The molecule has 0 aliphatic heterocycles. The van der Waals surface area contributed by atoms with Crippen molar-refractivity contribution in [2.45, 2.75) is 60.8 Å². The molecule has 1 aromatic heterocycles. The fraction of sp³-hybridized carbons (Fsp3) is 0.147. The van der Waals surface area contributed by atoms with Crippen molar-refractivity contribution < 1.29 is 0 Å². The Morgan fingerprint density at radius 2 is 0.943 bits per heavy atom. The van der Waals surface area contributed by atoms with Gasteiger partial charge in [0.15, 0.2) is 0 Å². The minimum Gasteiger partial charge on any atom is -0.344 e. The topological polar surface area (TPSA) is 8.17 Å². The van der Waals surface area contributed by atoms with Gasteiger partial charge in [-0.1, -0.05) is 213 Å². The number of fused-ring (bicyclic) bond motifs is 8. The van der Waals surface area contributed by atoms with E-state index >= 15 is 0 Å². The zero-order valence-corrected chi connectivity index (χ0v) is 42.3. The van der Waals surface area contributed by atoms with Gasteiger partial charge >= 0.3 is 0 Å². The first-order valence-corrected chi connectivity index (χ1v) is 24.8. The van der Waals surface area contributed by atoms with E-state index in [0.717, 1.165) is 5.69 Å². The SMILES string of the molecule is CC.Cc1ccc2c(c1)C(C)(c1ccccc1)c1cc(N(c3ccccc3)c3cccc(C)c3-c3ccccc3C)c3ccccc3c1-2.Cc1cccc2c1c1ccccc1n2C.Cc1ccccc1. The van der Waals surface area contributed by atoms with Crippen molar-refractivity contribution in [3.05, 3.63) is 269 Å². The van der Waals surface area contributed by atoms with E-state index in [4.69, 9.17) is 0 Å². The average Bonchev–Trinajstić information content (AvgIpc) is 3.84. The molecule has 0 N–H and O–H groups in total. The molecule has 2 heteroatoms. The van der Waals surface area contributed by atoms with Crippen LogP contribution >= 0.6 is 0 Å². The van der Waals surface area contributed by atoms with Crippen molar-refractivity contribution in [3.63, 3.8) is 0 Å². The average molecular weight is 909 g/mol. The highest BCUT2D eigenvalue weighted by Crippen LogP contribution is 2.57. The Kier molecular flexibility index (Phi) is 13.7. The zero-order chi connectivity index (χ0) is 48.9. The highest BCUT2D eigenvalue weighted by molar-refractivity contribution is 6.12. The lowest BCUT2D eigenvalue weighted by atomic mass is 9.73. The lowest BCUT2D eigenvalue weighted by Crippen LogP contribution is -2.23. The van der Waals surface area contributed by atoms with Gasteiger partial charge in [0.1, 0.15) is 0 Å². The van der Waals surface area contributed by atoms with Gasteiger partial charge in [0.2, 0.25) is 0 Å². The van der Waals surface area contributed by atoms with Crippen molar-refractivity contribution >= 4 is 49.6 Å². The second kappa shape index (κ2) is 20.3. The molecule has 346 valence electrons. The van der Waals surface area contributed by atoms with E-state index in [1.807, 2.05) is 32.0 Å². The summed E-state index contributed by atoms with van der Waals surface area (Å²) in [5.74, 6) is 0. The van der Waals surface area contributed by atoms with Crippen LogP contribution < -0.4 is 4.90 Å². The number of hydrogen-bond acceptors (Lipinski definition) is 1. The summed E-state index contributed by atoms with van der Waals surface area (Å²) in [6.45, 7) is 17.3. The van der Waals surface area contributed by atoms with Gasteiger partial charge in [-0.3, -0.25) is 0 Å². The van der Waals surface area contributed by atoms with Crippen LogP contribution in [-0.2, 0) is 12.5 Å². The fourth-order valence-corrected chi connectivity index (χ4v) is 10.7. The molecule has 0 radical (unpaired) electrons. The molecular formula is C68H64N2. The minimum atomic E-state index is -0.315. The third kappa shape index (κ3) is 8.60. The molecule has 1 aliphatic rings. The van der Waals surface area contributed by atoms with Crippen molar-refractivity contribution in [3.8, 4) is 22.3 Å². The maximum absolute atomic E-state index is 2.50. The fourth-order valence-electron chi connectivity index (χ4n) is 10.7. The number of nitrogens with zero attached hydrogens (tertiary/aromatic N) is 2. The Morgan fingerprint density at radius 3 is 1.63 bits per heavy atom. The molecule has 1 atom stereocenters. The van der Waals surface area contributed by atoms with Crippen LogP contribution in [0.1, 0.15) is 65.3 Å². The number of rotatable bonds is 5. The Labute approximate surface area is 416 Å². The predicted octanol–water partition coefficient (Wildman–Crippen LogP) is 18.9. The molecule has 1 unspecified atom stereocenters. The van der Waals surface area contributed by atoms with Crippen LogP contribution in [0.5, 0.6) is 0 Å². The number of aromatic nitrogens is 1. The van der Waals surface area contributed by atoms with Crippen LogP contribution in [0, 0.1) is 34.6 Å². The quantitative estimate of drug-likeness (QED) is 0.167. The Bertz CT molecular complexity index is 3580. The zero-order valence-electron chi connectivity index (χ0n) is 42.3. The summed E-state index contributed by atoms with van der Waals surface area (Å²) < 4.78 is 2.26. The molecule has 0 saturated heterocycles. The number of aryl methyl sites for hydroxylation is 6. The molecule has 11 aromatic rings. The van der Waals surface area contributed by atoms with Crippen molar-refractivity contribution in [1.82, 2.24) is 4.57 Å². The second-order valence-electron chi connectivity index (χ2n) is 18.6. The second-order valence-corrected chi connectivity index (χ2v) is 18.6. The normalized spacial score (nSPS) is 13.3. The summed E-state index contributed by atoms with van der Waals surface area (Å²) in [6, 6.07) is 81.2. The van der Waals surface area contributed by atoms with Gasteiger partial charge < -0.3 is 9.47 Å². The number of anilines is 3. The molecule has 0 amide bonds. The van der Waals surface area contributed by atoms with Crippen molar-refractivity contribution in [2.75, 3.05) is 4.90 Å². The summed E-state index contributed by atoms with van der Waals surface area (Å²) in [5.41, 5.74) is 21.5. The van der Waals surface area contributed by atoms with Gasteiger partial charge in [0.25, 0.3) is 0 Å². The van der Waals surface area contributed by atoms with E-state index in [0.29, 0.717) is 0 Å². The number of para-hydroxylation sites is 2. The molecule has 0 spiro atoms. The summed E-state index contributed by atoms with van der Waals surface area (Å²) >= 11 is 0. The Hall–Kier alpha value is -7.94. The van der Waals surface area contributed by atoms with Crippen LogP contribution in [0.4, 0.5) is 17.1 Å². The Balaban J connectivity index is 0.000000206. The first-order valence-electron chi connectivity index (χ1n) is 24.8. The lowest BCUT2D eigenvalue weighted by Gasteiger charge is -2.33. The van der Waals surface area contributed by atoms with Crippen molar-refractivity contribution in [2.24, 2.45) is 7.05 Å². The van der Waals surface area contributed by atoms with Crippen LogP contribution in [0.15, 0.2) is 224 Å². The van der Waals surface area contributed by atoms with Crippen LogP contribution in [0.25, 0.3) is 54.8 Å². The van der Waals surface area contributed by atoms with Gasteiger partial charge in [0.05, 0.1) is 11.4 Å². The summed E-state index contributed by atoms with van der Waals surface area (Å²) in [6.07, 6.45) is 0. The van der Waals surface area contributed by atoms with Gasteiger partial charge in [-0.2, -0.15) is 0 Å². The largest absolute Gasteiger partial charge is 0.344 e. The third-order valence-corrected chi connectivity index (χ3v) is 14.1. The van der Waals surface area contributed by atoms with Gasteiger partial charge in [-0.25, -0.2) is 0 Å². The summed E-state index contributed by atoms with van der Waals surface area (Å²) in [5, 5.41) is 5.26. The first kappa shape index (κ1) is 47.1. The monoisotopic (exact) mass is 909 g/mol. The molecule has 1 aliphatic carbocycles. The summed E-state index contributed by atoms with van der Waals surface area (Å²) in [7, 11) is 2.13. The molecule has 1 heterocycles. The molecule has 0 saturated carbocycles. The number of hydrogen-bond donors (Lipinski definition) is 0. The first-order chi connectivity index (χ1) is 34.1.